The largest absolute Gasteiger partial charge is 0.459 e. The highest BCUT2D eigenvalue weighted by atomic mass is 16.6. The fourth-order valence-corrected chi connectivity index (χ4v) is 3.06. The minimum absolute atomic E-state index is 0.184. The van der Waals surface area contributed by atoms with Crippen LogP contribution in [0.25, 0.3) is 0 Å². The van der Waals surface area contributed by atoms with Crippen LogP contribution >= 0.6 is 0 Å². The van der Waals surface area contributed by atoms with E-state index in [1.807, 2.05) is 25.7 Å². The molecule has 1 unspecified atom stereocenters. The summed E-state index contributed by atoms with van der Waals surface area (Å²) in [7, 11) is 0. The van der Waals surface area contributed by atoms with E-state index in [0.29, 0.717) is 32.4 Å². The van der Waals surface area contributed by atoms with Crippen molar-refractivity contribution >= 4 is 17.8 Å². The Labute approximate surface area is 125 Å². The summed E-state index contributed by atoms with van der Waals surface area (Å²) in [5.41, 5.74) is -1.02. The van der Waals surface area contributed by atoms with E-state index in [2.05, 4.69) is 5.32 Å². The van der Waals surface area contributed by atoms with E-state index in [4.69, 9.17) is 4.74 Å². The summed E-state index contributed by atoms with van der Waals surface area (Å²) in [5, 5.41) is 2.47. The van der Waals surface area contributed by atoms with Crippen molar-refractivity contribution < 1.29 is 19.1 Å². The molecule has 0 aromatic carbocycles. The smallest absolute Gasteiger partial charge is 0.320 e. The fourth-order valence-electron chi connectivity index (χ4n) is 3.06. The van der Waals surface area contributed by atoms with Gasteiger partial charge in [0.25, 0.3) is 0 Å². The van der Waals surface area contributed by atoms with Crippen LogP contribution in [0.15, 0.2) is 0 Å². The molecule has 1 atom stereocenters. The van der Waals surface area contributed by atoms with Gasteiger partial charge in [-0.15, -0.1) is 0 Å². The zero-order valence-electron chi connectivity index (χ0n) is 13.0. The first-order valence-corrected chi connectivity index (χ1v) is 7.49. The number of imide groups is 1. The summed E-state index contributed by atoms with van der Waals surface area (Å²) in [6.07, 6.45) is 2.52. The zero-order valence-corrected chi connectivity index (χ0v) is 13.0. The Morgan fingerprint density at radius 1 is 1.33 bits per heavy atom. The summed E-state index contributed by atoms with van der Waals surface area (Å²) in [5.74, 6) is -0.649. The van der Waals surface area contributed by atoms with Gasteiger partial charge in [0.05, 0.1) is 12.0 Å². The summed E-state index contributed by atoms with van der Waals surface area (Å²) >= 11 is 0. The number of carbonyl (C=O) groups excluding carboxylic acids is 3. The highest BCUT2D eigenvalue weighted by Gasteiger charge is 2.46. The van der Waals surface area contributed by atoms with Crippen molar-refractivity contribution in [3.8, 4) is 0 Å². The van der Waals surface area contributed by atoms with E-state index in [-0.39, 0.29) is 24.3 Å². The van der Waals surface area contributed by atoms with E-state index in [1.54, 1.807) is 0 Å². The lowest BCUT2D eigenvalue weighted by molar-refractivity contribution is -0.156. The molecule has 2 heterocycles. The van der Waals surface area contributed by atoms with Crippen molar-refractivity contribution in [2.75, 3.05) is 19.6 Å². The second kappa shape index (κ2) is 5.75. The Bertz CT molecular complexity index is 455. The molecule has 1 N–H and O–H groups in total. The van der Waals surface area contributed by atoms with Crippen LogP contribution in [0.2, 0.25) is 0 Å². The van der Waals surface area contributed by atoms with Crippen LogP contribution in [0.5, 0.6) is 0 Å². The number of likely N-dealkylation sites (tertiary alicyclic amines) is 1. The summed E-state index contributed by atoms with van der Waals surface area (Å²) in [6, 6.07) is 0. The Morgan fingerprint density at radius 3 is 2.71 bits per heavy atom. The minimum Gasteiger partial charge on any atom is -0.459 e. The Kier molecular flexibility index (Phi) is 4.37. The SMILES string of the molecule is CC(C)(C)OC(=O)CN1CCC2(CCCC(=O)NC2=O)C1. The quantitative estimate of drug-likeness (QED) is 0.604. The van der Waals surface area contributed by atoms with Gasteiger partial charge in [-0.25, -0.2) is 0 Å². The van der Waals surface area contributed by atoms with Crippen molar-refractivity contribution in [3.05, 3.63) is 0 Å². The lowest BCUT2D eigenvalue weighted by Crippen LogP contribution is -2.44. The Balaban J connectivity index is 1.95. The van der Waals surface area contributed by atoms with Crippen LogP contribution in [0.3, 0.4) is 0 Å². The predicted octanol–water partition coefficient (Wildman–Crippen LogP) is 0.847. The molecule has 6 nitrogen and oxygen atoms in total. The number of rotatable bonds is 2. The molecule has 0 aromatic rings. The number of ether oxygens (including phenoxy) is 1. The molecule has 0 aromatic heterocycles. The Morgan fingerprint density at radius 2 is 2.05 bits per heavy atom. The summed E-state index contributed by atoms with van der Waals surface area (Å²) < 4.78 is 5.31. The van der Waals surface area contributed by atoms with E-state index in [0.717, 1.165) is 6.42 Å². The maximum Gasteiger partial charge on any atom is 0.320 e. The fraction of sp³-hybridized carbons (Fsp3) is 0.800. The molecule has 1 spiro atoms. The molecule has 0 radical (unpaired) electrons. The van der Waals surface area contributed by atoms with Crippen LogP contribution in [-0.2, 0) is 19.1 Å². The van der Waals surface area contributed by atoms with Crippen LogP contribution < -0.4 is 5.32 Å². The molecule has 2 amide bonds. The molecule has 0 saturated carbocycles. The number of nitrogens with zero attached hydrogens (tertiary/aromatic N) is 1. The standard InChI is InChI=1S/C15H24N2O4/c1-14(2,3)21-12(19)9-17-8-7-15(10-17)6-4-5-11(18)16-13(15)20/h4-10H2,1-3H3,(H,16,18,20). The normalized spacial score (nSPS) is 27.6. The van der Waals surface area contributed by atoms with Gasteiger partial charge in [0.2, 0.25) is 11.8 Å². The topological polar surface area (TPSA) is 75.7 Å². The van der Waals surface area contributed by atoms with Gasteiger partial charge in [0, 0.05) is 13.0 Å². The third kappa shape index (κ3) is 4.03. The lowest BCUT2D eigenvalue weighted by Gasteiger charge is -2.26. The third-order valence-electron chi connectivity index (χ3n) is 4.00. The Hall–Kier alpha value is -1.43. The molecule has 2 fully saturated rings. The molecule has 2 aliphatic heterocycles. The average molecular weight is 296 g/mol. The van der Waals surface area contributed by atoms with Gasteiger partial charge in [-0.2, -0.15) is 0 Å². The molecule has 0 aliphatic carbocycles. The van der Waals surface area contributed by atoms with Crippen molar-refractivity contribution in [2.24, 2.45) is 5.41 Å². The summed E-state index contributed by atoms with van der Waals surface area (Å²) in [4.78, 5) is 37.5. The van der Waals surface area contributed by atoms with Gasteiger partial charge in [-0.1, -0.05) is 0 Å². The van der Waals surface area contributed by atoms with E-state index >= 15 is 0 Å². The first-order chi connectivity index (χ1) is 9.70. The highest BCUT2D eigenvalue weighted by molar-refractivity contribution is 5.99. The molecule has 21 heavy (non-hydrogen) atoms. The number of hydrogen-bond acceptors (Lipinski definition) is 5. The van der Waals surface area contributed by atoms with E-state index in [9.17, 15) is 14.4 Å². The molecule has 2 rings (SSSR count). The first-order valence-electron chi connectivity index (χ1n) is 7.49. The maximum absolute atomic E-state index is 12.2. The van der Waals surface area contributed by atoms with Crippen LogP contribution in [-0.4, -0.2) is 47.9 Å². The van der Waals surface area contributed by atoms with Gasteiger partial charge in [0.1, 0.15) is 5.60 Å². The minimum atomic E-state index is -0.520. The van der Waals surface area contributed by atoms with Gasteiger partial charge in [-0.05, 0) is 46.6 Å². The van der Waals surface area contributed by atoms with Gasteiger partial charge in [0.15, 0.2) is 0 Å². The van der Waals surface area contributed by atoms with Crippen molar-refractivity contribution in [3.63, 3.8) is 0 Å². The van der Waals surface area contributed by atoms with E-state index in [1.165, 1.54) is 0 Å². The number of hydrogen-bond donors (Lipinski definition) is 1. The second-order valence-electron chi connectivity index (χ2n) is 7.06. The molecular formula is C15H24N2O4. The number of carbonyl (C=O) groups is 3. The molecule has 0 bridgehead atoms. The molecule has 6 heteroatoms. The van der Waals surface area contributed by atoms with E-state index < -0.39 is 11.0 Å². The van der Waals surface area contributed by atoms with Crippen molar-refractivity contribution in [1.82, 2.24) is 10.2 Å². The van der Waals surface area contributed by atoms with Gasteiger partial charge >= 0.3 is 5.97 Å². The third-order valence-corrected chi connectivity index (χ3v) is 4.00. The number of nitrogens with one attached hydrogen (secondary N) is 1. The second-order valence-corrected chi connectivity index (χ2v) is 7.06. The van der Waals surface area contributed by atoms with Gasteiger partial charge in [-0.3, -0.25) is 24.6 Å². The van der Waals surface area contributed by atoms with Crippen molar-refractivity contribution in [2.45, 2.75) is 52.1 Å². The molecule has 2 saturated heterocycles. The number of amides is 2. The predicted molar refractivity (Wildman–Crippen MR) is 76.3 cm³/mol. The van der Waals surface area contributed by atoms with Crippen molar-refractivity contribution in [1.29, 1.82) is 0 Å². The summed E-state index contributed by atoms with van der Waals surface area (Å²) in [6.45, 7) is 6.90. The van der Waals surface area contributed by atoms with Crippen LogP contribution in [0.4, 0.5) is 0 Å². The van der Waals surface area contributed by atoms with Crippen LogP contribution in [0, 0.1) is 5.41 Å². The monoisotopic (exact) mass is 296 g/mol. The highest BCUT2D eigenvalue weighted by Crippen LogP contribution is 2.37. The zero-order chi connectivity index (χ0) is 15.7. The molecule has 2 aliphatic rings. The first kappa shape index (κ1) is 15.9. The molecular weight excluding hydrogens is 272 g/mol. The molecule has 118 valence electrons. The van der Waals surface area contributed by atoms with Crippen LogP contribution in [0.1, 0.15) is 46.5 Å². The van der Waals surface area contributed by atoms with Gasteiger partial charge < -0.3 is 4.74 Å². The lowest BCUT2D eigenvalue weighted by atomic mass is 9.82. The average Bonchev–Trinajstić information content (AvgIpc) is 2.64. The maximum atomic E-state index is 12.2. The number of esters is 1.